The first-order valence-electron chi connectivity index (χ1n) is 8.55. The third kappa shape index (κ3) is 2.22. The topological polar surface area (TPSA) is 0 Å². The Bertz CT molecular complexity index is 649. The molecule has 3 aliphatic carbocycles. The molecule has 0 N–H and O–H groups in total. The number of aryl methyl sites for hydroxylation is 1. The van der Waals surface area contributed by atoms with Crippen molar-refractivity contribution in [2.24, 2.45) is 17.3 Å². The summed E-state index contributed by atoms with van der Waals surface area (Å²) < 4.78 is 0. The van der Waals surface area contributed by atoms with E-state index < -0.39 is 0 Å². The molecule has 0 bridgehead atoms. The van der Waals surface area contributed by atoms with E-state index in [4.69, 9.17) is 0 Å². The average molecular weight is 288 g/mol. The Labute approximate surface area is 133 Å². The molecule has 4 rings (SSSR count). The highest BCUT2D eigenvalue weighted by atomic mass is 14.5. The first-order chi connectivity index (χ1) is 10.8. The molecule has 0 amide bonds. The van der Waals surface area contributed by atoms with Gasteiger partial charge in [-0.05, 0) is 47.6 Å². The molecule has 0 heteroatoms. The molecule has 0 radical (unpaired) electrons. The molecular formula is C22H24. The summed E-state index contributed by atoms with van der Waals surface area (Å²) in [5.41, 5.74) is 3.46. The van der Waals surface area contributed by atoms with Gasteiger partial charge < -0.3 is 0 Å². The van der Waals surface area contributed by atoms with Gasteiger partial charge in [0.05, 0.1) is 0 Å². The molecule has 0 nitrogen and oxygen atoms in total. The van der Waals surface area contributed by atoms with Crippen molar-refractivity contribution in [3.63, 3.8) is 0 Å². The predicted molar refractivity (Wildman–Crippen MR) is 93.8 cm³/mol. The summed E-state index contributed by atoms with van der Waals surface area (Å²) in [6.45, 7) is 2.52. The van der Waals surface area contributed by atoms with Crippen LogP contribution < -0.4 is 0 Å². The number of hydrogen-bond acceptors (Lipinski definition) is 0. The quantitative estimate of drug-likeness (QED) is 0.676. The predicted octanol–water partition coefficient (Wildman–Crippen LogP) is 5.60. The molecule has 0 aliphatic heterocycles. The third-order valence-electron chi connectivity index (χ3n) is 5.94. The van der Waals surface area contributed by atoms with Gasteiger partial charge in [0.15, 0.2) is 0 Å². The summed E-state index contributed by atoms with van der Waals surface area (Å²) in [6, 6.07) is 9.10. The molecule has 0 heterocycles. The molecular weight excluding hydrogens is 264 g/mol. The number of benzene rings is 1. The molecule has 0 saturated heterocycles. The van der Waals surface area contributed by atoms with Crippen molar-refractivity contribution in [2.45, 2.75) is 32.1 Å². The van der Waals surface area contributed by atoms with E-state index in [2.05, 4.69) is 79.8 Å². The molecule has 0 fully saturated rings. The Kier molecular flexibility index (Phi) is 3.41. The van der Waals surface area contributed by atoms with Gasteiger partial charge in [0.2, 0.25) is 0 Å². The number of fused-ring (bicyclic) bond motifs is 1. The Hall–Kier alpha value is -1.82. The van der Waals surface area contributed by atoms with Gasteiger partial charge in [-0.3, -0.25) is 0 Å². The van der Waals surface area contributed by atoms with Gasteiger partial charge in [-0.2, -0.15) is 0 Å². The van der Waals surface area contributed by atoms with E-state index in [1.54, 1.807) is 11.1 Å². The smallest absolute Gasteiger partial charge is 0.00128 e. The van der Waals surface area contributed by atoms with Crippen LogP contribution in [0.15, 0.2) is 72.9 Å². The van der Waals surface area contributed by atoms with Crippen LogP contribution in [0.25, 0.3) is 0 Å². The Morgan fingerprint density at radius 3 is 2.41 bits per heavy atom. The Morgan fingerprint density at radius 2 is 1.64 bits per heavy atom. The van der Waals surface area contributed by atoms with Crippen LogP contribution in [-0.2, 0) is 6.42 Å². The average Bonchev–Trinajstić information content (AvgIpc) is 3.28. The molecule has 0 spiro atoms. The van der Waals surface area contributed by atoms with E-state index in [9.17, 15) is 0 Å². The van der Waals surface area contributed by atoms with Gasteiger partial charge >= 0.3 is 0 Å². The molecule has 1 aromatic carbocycles. The highest BCUT2D eigenvalue weighted by Crippen LogP contribution is 2.54. The zero-order chi connectivity index (χ0) is 15.0. The Balaban J connectivity index is 1.71. The molecule has 2 unspecified atom stereocenters. The third-order valence-corrected chi connectivity index (χ3v) is 5.94. The fourth-order valence-electron chi connectivity index (χ4n) is 4.75. The minimum Gasteiger partial charge on any atom is -0.0776 e. The molecule has 22 heavy (non-hydrogen) atoms. The van der Waals surface area contributed by atoms with Crippen molar-refractivity contribution in [3.05, 3.63) is 84.0 Å². The lowest BCUT2D eigenvalue weighted by Gasteiger charge is -2.41. The van der Waals surface area contributed by atoms with E-state index in [1.807, 2.05) is 0 Å². The summed E-state index contributed by atoms with van der Waals surface area (Å²) in [4.78, 5) is 0. The molecule has 1 aromatic rings. The lowest BCUT2D eigenvalue weighted by Crippen LogP contribution is -2.32. The maximum Gasteiger partial charge on any atom is 0.00128 e. The summed E-state index contributed by atoms with van der Waals surface area (Å²) in [6.07, 6.45) is 22.2. The van der Waals surface area contributed by atoms with E-state index in [-0.39, 0.29) is 0 Å². The van der Waals surface area contributed by atoms with Crippen molar-refractivity contribution in [3.8, 4) is 0 Å². The zero-order valence-electron chi connectivity index (χ0n) is 13.3. The SMILES string of the molecule is CC(CC1C=CC=C1)(C1C=CC=C1)C1CCc2ccccc21. The number of hydrogen-bond donors (Lipinski definition) is 0. The van der Waals surface area contributed by atoms with Crippen LogP contribution in [-0.4, -0.2) is 0 Å². The number of rotatable bonds is 4. The summed E-state index contributed by atoms with van der Waals surface area (Å²) in [5.74, 6) is 1.83. The minimum absolute atomic E-state index is 0.291. The van der Waals surface area contributed by atoms with E-state index in [0.717, 1.165) is 0 Å². The normalized spacial score (nSPS) is 26.0. The van der Waals surface area contributed by atoms with Crippen molar-refractivity contribution in [1.29, 1.82) is 0 Å². The van der Waals surface area contributed by atoms with Crippen LogP contribution >= 0.6 is 0 Å². The van der Waals surface area contributed by atoms with Crippen molar-refractivity contribution in [2.75, 3.05) is 0 Å². The summed E-state index contributed by atoms with van der Waals surface area (Å²) >= 11 is 0. The standard InChI is InChI=1S/C22H24/c1-22(19-11-5-6-12-19,16-17-8-2-3-9-17)21-15-14-18-10-4-7-13-20(18)21/h2-13,17,19,21H,14-16H2,1H3. The van der Waals surface area contributed by atoms with Crippen LogP contribution in [0.1, 0.15) is 36.8 Å². The highest BCUT2D eigenvalue weighted by Gasteiger charge is 2.43. The summed E-state index contributed by atoms with van der Waals surface area (Å²) in [7, 11) is 0. The van der Waals surface area contributed by atoms with Crippen LogP contribution in [0, 0.1) is 17.3 Å². The lowest BCUT2D eigenvalue weighted by atomic mass is 9.62. The van der Waals surface area contributed by atoms with E-state index in [0.29, 0.717) is 23.2 Å². The highest BCUT2D eigenvalue weighted by molar-refractivity contribution is 5.38. The van der Waals surface area contributed by atoms with Crippen molar-refractivity contribution < 1.29 is 0 Å². The monoisotopic (exact) mass is 288 g/mol. The second-order valence-corrected chi connectivity index (χ2v) is 7.23. The van der Waals surface area contributed by atoms with Crippen LogP contribution in [0.2, 0.25) is 0 Å². The molecule has 2 atom stereocenters. The molecule has 112 valence electrons. The second-order valence-electron chi connectivity index (χ2n) is 7.23. The lowest BCUT2D eigenvalue weighted by molar-refractivity contribution is 0.174. The van der Waals surface area contributed by atoms with Gasteiger partial charge in [0, 0.05) is 5.92 Å². The second kappa shape index (κ2) is 5.43. The largest absolute Gasteiger partial charge is 0.0776 e. The van der Waals surface area contributed by atoms with Gasteiger partial charge in [-0.15, -0.1) is 0 Å². The fraction of sp³-hybridized carbons (Fsp3) is 0.364. The van der Waals surface area contributed by atoms with Gasteiger partial charge in [0.25, 0.3) is 0 Å². The zero-order valence-corrected chi connectivity index (χ0v) is 13.3. The van der Waals surface area contributed by atoms with Crippen molar-refractivity contribution >= 4 is 0 Å². The molecule has 3 aliphatic rings. The summed E-state index contributed by atoms with van der Waals surface area (Å²) in [5, 5.41) is 0. The first-order valence-corrected chi connectivity index (χ1v) is 8.55. The minimum atomic E-state index is 0.291. The Morgan fingerprint density at radius 1 is 0.955 bits per heavy atom. The van der Waals surface area contributed by atoms with E-state index in [1.165, 1.54) is 19.3 Å². The van der Waals surface area contributed by atoms with E-state index >= 15 is 0 Å². The molecule has 0 saturated carbocycles. The van der Waals surface area contributed by atoms with Gasteiger partial charge in [-0.25, -0.2) is 0 Å². The fourth-order valence-corrected chi connectivity index (χ4v) is 4.75. The first kappa shape index (κ1) is 13.8. The maximum absolute atomic E-state index is 2.52. The van der Waals surface area contributed by atoms with Crippen molar-refractivity contribution in [1.82, 2.24) is 0 Å². The van der Waals surface area contributed by atoms with Crippen LogP contribution in [0.3, 0.4) is 0 Å². The van der Waals surface area contributed by atoms with Crippen LogP contribution in [0.4, 0.5) is 0 Å². The maximum atomic E-state index is 2.52. The van der Waals surface area contributed by atoms with Gasteiger partial charge in [-0.1, -0.05) is 79.8 Å². The van der Waals surface area contributed by atoms with Crippen LogP contribution in [0.5, 0.6) is 0 Å². The number of allylic oxidation sites excluding steroid dienone is 8. The molecule has 0 aromatic heterocycles. The van der Waals surface area contributed by atoms with Gasteiger partial charge in [0.1, 0.15) is 0 Å².